The average Bonchev–Trinajstić information content (AvgIpc) is 2.29. The van der Waals surface area contributed by atoms with Gasteiger partial charge in [0.1, 0.15) is 0 Å². The van der Waals surface area contributed by atoms with Gasteiger partial charge in [0.25, 0.3) is 0 Å². The highest BCUT2D eigenvalue weighted by Gasteiger charge is 2.41. The van der Waals surface area contributed by atoms with Crippen LogP contribution < -0.4 is 0 Å². The van der Waals surface area contributed by atoms with Crippen molar-refractivity contribution in [1.29, 1.82) is 0 Å². The van der Waals surface area contributed by atoms with Gasteiger partial charge in [0.2, 0.25) is 18.2 Å². The first-order chi connectivity index (χ1) is 8.43. The minimum absolute atomic E-state index is 0.391. The second-order valence-corrected chi connectivity index (χ2v) is 4.67. The molecule has 0 heterocycles. The molecule has 0 rings (SSSR count). The molecule has 1 atom stereocenters. The van der Waals surface area contributed by atoms with Gasteiger partial charge in [-0.1, -0.05) is 0 Å². The number of carbonyl (C=O) groups excluding carboxylic acids is 3. The van der Waals surface area contributed by atoms with Gasteiger partial charge in [-0.3, -0.25) is 0 Å². The highest BCUT2D eigenvalue weighted by atomic mass is 16.1. The lowest BCUT2D eigenvalue weighted by Gasteiger charge is -2.35. The first kappa shape index (κ1) is 16.1. The van der Waals surface area contributed by atoms with Crippen LogP contribution in [0.5, 0.6) is 0 Å². The van der Waals surface area contributed by atoms with E-state index in [4.69, 9.17) is 0 Å². The molecule has 0 aliphatic carbocycles. The maximum atomic E-state index is 10.5. The van der Waals surface area contributed by atoms with Gasteiger partial charge in [0, 0.05) is 0 Å². The van der Waals surface area contributed by atoms with Crippen molar-refractivity contribution in [3.63, 3.8) is 0 Å². The Bertz CT molecular complexity index is 414. The molecule has 0 bridgehead atoms. The SMILES string of the molecule is CC(C)(N=C=O)C(C)(CCCCN=C=O)N=C=O. The van der Waals surface area contributed by atoms with Crippen LogP contribution in [0.25, 0.3) is 0 Å². The number of unbranched alkanes of at least 4 members (excludes halogenated alkanes) is 1. The number of aliphatic imine (C=N–C) groups is 3. The van der Waals surface area contributed by atoms with Crippen LogP contribution in [0.15, 0.2) is 15.0 Å². The molecule has 0 N–H and O–H groups in total. The van der Waals surface area contributed by atoms with Crippen molar-refractivity contribution in [2.75, 3.05) is 6.54 Å². The summed E-state index contributed by atoms with van der Waals surface area (Å²) in [6.45, 7) is 5.55. The summed E-state index contributed by atoms with van der Waals surface area (Å²) in [5, 5.41) is 0. The number of rotatable bonds is 8. The monoisotopic (exact) mass is 251 g/mol. The Hall–Kier alpha value is -1.86. The Balaban J connectivity index is 4.77. The van der Waals surface area contributed by atoms with Crippen molar-refractivity contribution >= 4 is 18.2 Å². The molecule has 0 radical (unpaired) electrons. The molecule has 0 saturated carbocycles. The molecular weight excluding hydrogens is 234 g/mol. The molecule has 98 valence electrons. The average molecular weight is 251 g/mol. The predicted molar refractivity (Wildman–Crippen MR) is 65.6 cm³/mol. The van der Waals surface area contributed by atoms with Gasteiger partial charge in [0.05, 0.1) is 17.6 Å². The standard InChI is InChI=1S/C12H17N3O3/c1-11(2,14-9-17)12(3,15-10-18)6-4-5-7-13-8-16/h4-7H2,1-3H3. The van der Waals surface area contributed by atoms with Gasteiger partial charge in [-0.2, -0.15) is 9.98 Å². The predicted octanol–water partition coefficient (Wildman–Crippen LogP) is 1.70. The van der Waals surface area contributed by atoms with Gasteiger partial charge < -0.3 is 0 Å². The Morgan fingerprint density at radius 2 is 1.50 bits per heavy atom. The first-order valence-electron chi connectivity index (χ1n) is 5.65. The molecule has 0 aromatic heterocycles. The second-order valence-electron chi connectivity index (χ2n) is 4.67. The third-order valence-corrected chi connectivity index (χ3v) is 3.18. The second kappa shape index (κ2) is 7.46. The molecule has 6 nitrogen and oxygen atoms in total. The topological polar surface area (TPSA) is 88.3 Å². The van der Waals surface area contributed by atoms with Crippen LogP contribution in [0.3, 0.4) is 0 Å². The number of isocyanates is 3. The number of nitrogens with zero attached hydrogens (tertiary/aromatic N) is 3. The molecule has 0 aromatic rings. The molecule has 0 fully saturated rings. The van der Waals surface area contributed by atoms with Gasteiger partial charge >= 0.3 is 0 Å². The van der Waals surface area contributed by atoms with E-state index in [1.165, 1.54) is 18.2 Å². The van der Waals surface area contributed by atoms with Crippen LogP contribution in [0, 0.1) is 0 Å². The Kier molecular flexibility index (Phi) is 6.69. The fourth-order valence-electron chi connectivity index (χ4n) is 1.54. The smallest absolute Gasteiger partial charge is 0.211 e. The summed E-state index contributed by atoms with van der Waals surface area (Å²) in [5.74, 6) is 0. The van der Waals surface area contributed by atoms with Crippen molar-refractivity contribution in [2.45, 2.75) is 51.1 Å². The molecule has 18 heavy (non-hydrogen) atoms. The van der Waals surface area contributed by atoms with E-state index in [-0.39, 0.29) is 0 Å². The first-order valence-corrected chi connectivity index (χ1v) is 5.65. The molecule has 0 amide bonds. The minimum Gasteiger partial charge on any atom is -0.211 e. The van der Waals surface area contributed by atoms with Crippen LogP contribution in [-0.2, 0) is 14.4 Å². The van der Waals surface area contributed by atoms with Crippen molar-refractivity contribution in [3.8, 4) is 0 Å². The summed E-state index contributed by atoms with van der Waals surface area (Å²) in [6.07, 6.45) is 6.40. The van der Waals surface area contributed by atoms with E-state index in [0.717, 1.165) is 0 Å². The molecule has 0 aromatic carbocycles. The molecule has 0 aliphatic heterocycles. The summed E-state index contributed by atoms with van der Waals surface area (Å²) in [6, 6.07) is 0. The lowest BCUT2D eigenvalue weighted by Crippen LogP contribution is -2.44. The van der Waals surface area contributed by atoms with Crippen LogP contribution in [-0.4, -0.2) is 35.9 Å². The molecule has 0 aliphatic rings. The van der Waals surface area contributed by atoms with Crippen LogP contribution >= 0.6 is 0 Å². The zero-order valence-corrected chi connectivity index (χ0v) is 10.9. The summed E-state index contributed by atoms with van der Waals surface area (Å²) >= 11 is 0. The Morgan fingerprint density at radius 1 is 0.889 bits per heavy atom. The molecule has 0 saturated heterocycles. The zero-order valence-electron chi connectivity index (χ0n) is 10.9. The van der Waals surface area contributed by atoms with E-state index in [2.05, 4.69) is 15.0 Å². The van der Waals surface area contributed by atoms with E-state index in [9.17, 15) is 14.4 Å². The normalized spacial score (nSPS) is 13.5. The van der Waals surface area contributed by atoms with Gasteiger partial charge in [-0.25, -0.2) is 19.4 Å². The van der Waals surface area contributed by atoms with E-state index in [1.807, 2.05) is 0 Å². The van der Waals surface area contributed by atoms with E-state index >= 15 is 0 Å². The molecule has 1 unspecified atom stereocenters. The Morgan fingerprint density at radius 3 is 2.00 bits per heavy atom. The summed E-state index contributed by atoms with van der Waals surface area (Å²) in [7, 11) is 0. The van der Waals surface area contributed by atoms with E-state index < -0.39 is 11.1 Å². The maximum absolute atomic E-state index is 10.5. The van der Waals surface area contributed by atoms with Gasteiger partial charge in [-0.05, 0) is 40.0 Å². The number of hydrogen-bond acceptors (Lipinski definition) is 6. The third kappa shape index (κ3) is 4.56. The highest BCUT2D eigenvalue weighted by Crippen LogP contribution is 2.33. The third-order valence-electron chi connectivity index (χ3n) is 3.18. The largest absolute Gasteiger partial charge is 0.235 e. The van der Waals surface area contributed by atoms with Crippen molar-refractivity contribution < 1.29 is 14.4 Å². The zero-order chi connectivity index (χ0) is 14.1. The van der Waals surface area contributed by atoms with Crippen molar-refractivity contribution in [1.82, 2.24) is 0 Å². The lowest BCUT2D eigenvalue weighted by atomic mass is 9.78. The highest BCUT2D eigenvalue weighted by molar-refractivity contribution is 5.39. The molecular formula is C12H17N3O3. The molecule has 6 heteroatoms. The van der Waals surface area contributed by atoms with Crippen molar-refractivity contribution in [3.05, 3.63) is 0 Å². The maximum Gasteiger partial charge on any atom is 0.235 e. The van der Waals surface area contributed by atoms with Crippen molar-refractivity contribution in [2.24, 2.45) is 15.0 Å². The fraction of sp³-hybridized carbons (Fsp3) is 0.750. The summed E-state index contributed by atoms with van der Waals surface area (Å²) in [4.78, 5) is 41.7. The Labute approximate surface area is 106 Å². The number of hydrogen-bond donors (Lipinski definition) is 0. The van der Waals surface area contributed by atoms with Crippen LogP contribution in [0.4, 0.5) is 0 Å². The van der Waals surface area contributed by atoms with Gasteiger partial charge in [-0.15, -0.1) is 0 Å². The van der Waals surface area contributed by atoms with E-state index in [0.29, 0.717) is 25.8 Å². The fourth-order valence-corrected chi connectivity index (χ4v) is 1.54. The van der Waals surface area contributed by atoms with Crippen LogP contribution in [0.1, 0.15) is 40.0 Å². The van der Waals surface area contributed by atoms with Crippen LogP contribution in [0.2, 0.25) is 0 Å². The molecule has 0 spiro atoms. The minimum atomic E-state index is -0.833. The summed E-state index contributed by atoms with van der Waals surface area (Å²) < 4.78 is 0. The van der Waals surface area contributed by atoms with Gasteiger partial charge in [0.15, 0.2) is 0 Å². The summed E-state index contributed by atoms with van der Waals surface area (Å²) in [5.41, 5.74) is -1.66. The quantitative estimate of drug-likeness (QED) is 0.373. The lowest BCUT2D eigenvalue weighted by molar-refractivity contribution is 0.262. The van der Waals surface area contributed by atoms with E-state index in [1.54, 1.807) is 20.8 Å².